The van der Waals surface area contributed by atoms with Gasteiger partial charge in [-0.2, -0.15) is 13.2 Å². The molecule has 2 aliphatic heterocycles. The molecule has 1 aromatic carbocycles. The van der Waals surface area contributed by atoms with E-state index < -0.39 is 41.1 Å². The molecule has 2 amide bonds. The van der Waals surface area contributed by atoms with Gasteiger partial charge in [-0.05, 0) is 37.6 Å². The molecule has 0 saturated carbocycles. The van der Waals surface area contributed by atoms with Crippen LogP contribution in [0.15, 0.2) is 24.3 Å². The van der Waals surface area contributed by atoms with Gasteiger partial charge >= 0.3 is 12.1 Å². The molecule has 0 aliphatic carbocycles. The van der Waals surface area contributed by atoms with Crippen LogP contribution in [0.4, 0.5) is 18.9 Å². The van der Waals surface area contributed by atoms with Gasteiger partial charge in [-0.3, -0.25) is 9.59 Å². The van der Waals surface area contributed by atoms with Crippen molar-refractivity contribution in [2.45, 2.75) is 36.9 Å². The average Bonchev–Trinajstić information content (AvgIpc) is 3.09. The normalized spacial score (nSPS) is 24.7. The van der Waals surface area contributed by atoms with Crippen molar-refractivity contribution in [1.82, 2.24) is 4.90 Å². The molecule has 1 N–H and O–H groups in total. The largest absolute Gasteiger partial charge is 0.454 e. The lowest BCUT2D eigenvalue weighted by atomic mass is 10.2. The summed E-state index contributed by atoms with van der Waals surface area (Å²) in [7, 11) is 0. The monoisotopic (exact) mass is 402 g/mol. The maximum Gasteiger partial charge on any atom is 0.416 e. The maximum absolute atomic E-state index is 12.5. The summed E-state index contributed by atoms with van der Waals surface area (Å²) in [6, 6.07) is 3.19. The Hall–Kier alpha value is -2.23. The second-order valence-electron chi connectivity index (χ2n) is 6.50. The summed E-state index contributed by atoms with van der Waals surface area (Å²) >= 11 is 1.51. The molecule has 0 bridgehead atoms. The molecule has 0 aromatic heterocycles. The Morgan fingerprint density at radius 2 is 2.00 bits per heavy atom. The van der Waals surface area contributed by atoms with Gasteiger partial charge in [-0.25, -0.2) is 4.79 Å². The van der Waals surface area contributed by atoms with E-state index in [0.29, 0.717) is 18.6 Å². The summed E-state index contributed by atoms with van der Waals surface area (Å²) in [5, 5.41) is 2.36. The average molecular weight is 402 g/mol. The lowest BCUT2D eigenvalue weighted by molar-refractivity contribution is -0.155. The lowest BCUT2D eigenvalue weighted by Crippen LogP contribution is -2.47. The highest BCUT2D eigenvalue weighted by atomic mass is 32.2. The highest BCUT2D eigenvalue weighted by Gasteiger charge is 2.53. The molecule has 1 aromatic rings. The van der Waals surface area contributed by atoms with Crippen LogP contribution >= 0.6 is 11.8 Å². The first-order valence-corrected chi connectivity index (χ1v) is 9.18. The van der Waals surface area contributed by atoms with E-state index in [9.17, 15) is 27.6 Å². The fourth-order valence-corrected chi connectivity index (χ4v) is 4.58. The summed E-state index contributed by atoms with van der Waals surface area (Å²) in [6.07, 6.45) is -3.42. The van der Waals surface area contributed by atoms with Crippen molar-refractivity contribution < 1.29 is 32.3 Å². The first-order valence-electron chi connectivity index (χ1n) is 8.20. The van der Waals surface area contributed by atoms with E-state index in [1.807, 2.05) is 6.92 Å². The van der Waals surface area contributed by atoms with E-state index in [2.05, 4.69) is 5.32 Å². The smallest absolute Gasteiger partial charge is 0.416 e. The fourth-order valence-electron chi connectivity index (χ4n) is 3.17. The second kappa shape index (κ2) is 7.06. The molecule has 2 saturated heterocycles. The zero-order chi connectivity index (χ0) is 19.8. The number of esters is 1. The number of rotatable bonds is 4. The van der Waals surface area contributed by atoms with Crippen LogP contribution in [0.3, 0.4) is 0 Å². The first kappa shape index (κ1) is 19.5. The number of anilines is 1. The third kappa shape index (κ3) is 4.05. The van der Waals surface area contributed by atoms with Gasteiger partial charge in [0.05, 0.1) is 10.4 Å². The van der Waals surface area contributed by atoms with Gasteiger partial charge in [0.15, 0.2) is 6.61 Å². The van der Waals surface area contributed by atoms with E-state index in [4.69, 9.17) is 4.74 Å². The number of hydrogen-bond acceptors (Lipinski definition) is 5. The molecular weight excluding hydrogens is 385 g/mol. The van der Waals surface area contributed by atoms with E-state index in [-0.39, 0.29) is 11.6 Å². The minimum absolute atomic E-state index is 0.112. The predicted molar refractivity (Wildman–Crippen MR) is 91.8 cm³/mol. The third-order valence-corrected chi connectivity index (χ3v) is 6.06. The van der Waals surface area contributed by atoms with Crippen LogP contribution < -0.4 is 5.32 Å². The number of benzene rings is 1. The highest BCUT2D eigenvalue weighted by molar-refractivity contribution is 8.01. The number of carbonyl (C=O) groups excluding carboxylic acids is 3. The highest BCUT2D eigenvalue weighted by Crippen LogP contribution is 2.47. The number of thioether (sulfide) groups is 1. The molecule has 10 heteroatoms. The first-order chi connectivity index (χ1) is 12.6. The van der Waals surface area contributed by atoms with Gasteiger partial charge in [-0.15, -0.1) is 11.8 Å². The summed E-state index contributed by atoms with van der Waals surface area (Å²) < 4.78 is 42.5. The Morgan fingerprint density at radius 3 is 2.63 bits per heavy atom. The zero-order valence-electron chi connectivity index (χ0n) is 14.3. The fraction of sp³-hybridized carbons (Fsp3) is 0.471. The molecule has 3 rings (SSSR count). The Kier molecular flexibility index (Phi) is 5.11. The van der Waals surface area contributed by atoms with Crippen LogP contribution in [0, 0.1) is 0 Å². The van der Waals surface area contributed by atoms with Gasteiger partial charge in [0, 0.05) is 17.9 Å². The number of halogens is 3. The van der Waals surface area contributed by atoms with Crippen LogP contribution in [0.25, 0.3) is 0 Å². The molecule has 2 fully saturated rings. The molecular formula is C17H17F3N2O4S. The number of fused-ring (bicyclic) bond motifs is 1. The van der Waals surface area contributed by atoms with Crippen molar-refractivity contribution in [3.8, 4) is 0 Å². The Labute approximate surface area is 157 Å². The van der Waals surface area contributed by atoms with Crippen molar-refractivity contribution in [1.29, 1.82) is 0 Å². The van der Waals surface area contributed by atoms with Gasteiger partial charge in [0.25, 0.3) is 5.91 Å². The molecule has 0 unspecified atom stereocenters. The van der Waals surface area contributed by atoms with Crippen LogP contribution in [-0.2, 0) is 25.3 Å². The Balaban J connectivity index is 1.52. The van der Waals surface area contributed by atoms with E-state index in [1.54, 1.807) is 0 Å². The number of carbonyl (C=O) groups is 3. The van der Waals surface area contributed by atoms with E-state index in [1.165, 1.54) is 16.7 Å². The van der Waals surface area contributed by atoms with Crippen LogP contribution in [-0.4, -0.2) is 46.0 Å². The van der Waals surface area contributed by atoms with Gasteiger partial charge in [0.2, 0.25) is 5.91 Å². The van der Waals surface area contributed by atoms with Crippen molar-refractivity contribution in [3.63, 3.8) is 0 Å². The lowest BCUT2D eigenvalue weighted by Gasteiger charge is -2.29. The quantitative estimate of drug-likeness (QED) is 0.784. The third-order valence-electron chi connectivity index (χ3n) is 4.56. The number of nitrogens with one attached hydrogen (secondary N) is 1. The second-order valence-corrected chi connectivity index (χ2v) is 8.00. The predicted octanol–water partition coefficient (Wildman–Crippen LogP) is 2.64. The van der Waals surface area contributed by atoms with Crippen molar-refractivity contribution in [2.75, 3.05) is 17.7 Å². The summed E-state index contributed by atoms with van der Waals surface area (Å²) in [6.45, 7) is 1.31. The summed E-state index contributed by atoms with van der Waals surface area (Å²) in [4.78, 5) is 37.2. The number of alkyl halides is 3. The van der Waals surface area contributed by atoms with E-state index >= 15 is 0 Å². The molecule has 0 spiro atoms. The minimum atomic E-state index is -4.46. The minimum Gasteiger partial charge on any atom is -0.454 e. The molecule has 2 heterocycles. The van der Waals surface area contributed by atoms with Gasteiger partial charge in [0.1, 0.15) is 6.04 Å². The van der Waals surface area contributed by atoms with Crippen LogP contribution in [0.2, 0.25) is 0 Å². The molecule has 0 radical (unpaired) electrons. The SMILES string of the molecule is C[C@]12CCC(=O)N1[C@@H](C(=O)OCC(=O)Nc1ccc(C(F)(F)F)cc1)CS2. The van der Waals surface area contributed by atoms with Gasteiger partial charge in [-0.1, -0.05) is 0 Å². The number of ether oxygens (including phenoxy) is 1. The van der Waals surface area contributed by atoms with E-state index in [0.717, 1.165) is 24.3 Å². The molecule has 2 aliphatic rings. The maximum atomic E-state index is 12.5. The van der Waals surface area contributed by atoms with Crippen LogP contribution in [0.1, 0.15) is 25.3 Å². The topological polar surface area (TPSA) is 75.7 Å². The molecule has 6 nitrogen and oxygen atoms in total. The molecule has 146 valence electrons. The zero-order valence-corrected chi connectivity index (χ0v) is 15.2. The number of nitrogens with zero attached hydrogens (tertiary/aromatic N) is 1. The molecule has 27 heavy (non-hydrogen) atoms. The Morgan fingerprint density at radius 1 is 1.33 bits per heavy atom. The summed E-state index contributed by atoms with van der Waals surface area (Å²) in [5.74, 6) is -1.05. The molecule has 2 atom stereocenters. The van der Waals surface area contributed by atoms with Crippen LogP contribution in [0.5, 0.6) is 0 Å². The van der Waals surface area contributed by atoms with Crippen molar-refractivity contribution in [2.24, 2.45) is 0 Å². The Bertz CT molecular complexity index is 768. The summed E-state index contributed by atoms with van der Waals surface area (Å²) in [5.41, 5.74) is -0.674. The standard InChI is InChI=1S/C17H17F3N2O4S/c1-16-7-6-14(24)22(16)12(9-27-16)15(25)26-8-13(23)21-11-4-2-10(3-5-11)17(18,19)20/h2-5,12H,6-9H2,1H3,(H,21,23)/t12-,16+/m1/s1. The van der Waals surface area contributed by atoms with Crippen molar-refractivity contribution >= 4 is 35.2 Å². The van der Waals surface area contributed by atoms with Crippen molar-refractivity contribution in [3.05, 3.63) is 29.8 Å². The number of hydrogen-bond donors (Lipinski definition) is 1. The number of amides is 2. The van der Waals surface area contributed by atoms with Gasteiger partial charge < -0.3 is 15.0 Å².